The lowest BCUT2D eigenvalue weighted by Crippen LogP contribution is -2.70. The molecule has 5 heterocycles. The highest BCUT2D eigenvalue weighted by Gasteiger charge is 2.63. The zero-order chi connectivity index (χ0) is 73.0. The summed E-state index contributed by atoms with van der Waals surface area (Å²) < 4.78 is 392. The van der Waals surface area contributed by atoms with Crippen LogP contribution < -0.4 is 0 Å². The number of hydrogen-bond donors (Lipinski definition) is 11. The number of ether oxygens (including phenoxy) is 15. The van der Waals surface area contributed by atoms with Crippen molar-refractivity contribution in [1.82, 2.24) is 0 Å². The Labute approximate surface area is 542 Å². The van der Waals surface area contributed by atoms with Crippen LogP contribution in [-0.4, -0.2) is 347 Å². The quantitative estimate of drug-likeness (QED) is 0.0263. The van der Waals surface area contributed by atoms with E-state index in [0.29, 0.717) is 14.2 Å². The van der Waals surface area contributed by atoms with E-state index in [9.17, 15) is 129 Å². The molecule has 5 fully saturated rings. The van der Waals surface area contributed by atoms with Crippen molar-refractivity contribution in [1.29, 1.82) is 0 Å². The molecule has 5 saturated heterocycles. The molecule has 5 aliphatic heterocycles. The molecule has 0 bridgehead atoms. The summed E-state index contributed by atoms with van der Waals surface area (Å²) in [6.07, 6.45) is -65.3. The van der Waals surface area contributed by atoms with Crippen LogP contribution in [0.25, 0.3) is 0 Å². The molecule has 0 aromatic rings. The van der Waals surface area contributed by atoms with Gasteiger partial charge in [0.25, 0.3) is 0 Å². The summed E-state index contributed by atoms with van der Waals surface area (Å²) >= 11 is 0. The number of aliphatic carboxylic acids is 2. The lowest BCUT2D eigenvalue weighted by Gasteiger charge is -2.51. The fourth-order valence-electron chi connectivity index (χ4n) is 10.0. The average Bonchev–Trinajstić information content (AvgIpc) is 0.761. The molecule has 0 spiro atoms. The summed E-state index contributed by atoms with van der Waals surface area (Å²) in [6.45, 7) is -4.69. The van der Waals surface area contributed by atoms with Gasteiger partial charge in [-0.25, -0.2) is 43.1 Å². The molecule has 0 aromatic heterocycles. The summed E-state index contributed by atoms with van der Waals surface area (Å²) in [7, 11) is -42.5. The van der Waals surface area contributed by atoms with Gasteiger partial charge in [0.1, 0.15) is 85.5 Å². The topological polar surface area (TPSA) is 742 Å². The van der Waals surface area contributed by atoms with E-state index in [1.165, 1.54) is 0 Å². The first-order valence-electron chi connectivity index (χ1n) is 25.2. The van der Waals surface area contributed by atoms with Gasteiger partial charge in [0.15, 0.2) is 68.1 Å². The lowest BCUT2D eigenvalue weighted by atomic mass is 9.95. The molecule has 0 aromatic carbocycles. The van der Waals surface area contributed by atoms with Gasteiger partial charge in [0, 0.05) is 42.7 Å². The Bertz CT molecular complexity index is 3570. The number of hydrogen-bond acceptors (Lipinski definition) is 42. The Balaban J connectivity index is 1.66. The molecule has 5 aliphatic rings. The van der Waals surface area contributed by atoms with Gasteiger partial charge >= 0.3 is 95.1 Å². The van der Waals surface area contributed by atoms with Crippen LogP contribution in [0.4, 0.5) is 0 Å². The van der Waals surface area contributed by atoms with Gasteiger partial charge in [-0.3, -0.25) is 36.4 Å². The molecule has 564 valence electrons. The molecular weight excluding hydrogens is 1520 g/mol. The summed E-state index contributed by atoms with van der Waals surface area (Å²) in [5.41, 5.74) is 0. The fraction of sp³-hybridized carbons (Fsp3) is 0.944. The van der Waals surface area contributed by atoms with Gasteiger partial charge in [0.2, 0.25) is 0 Å². The standard InChI is InChI=1S/C36H60O52S8/c1-66-13-10(7-72-89(42,43)44)76-34(27(16(13)67-2)86-94(57,58)59)80-20-18(69-4)26(71-6)33(82-23(20)30(37)38)79-15-12(9-74-91(48,49)50)77-35(29(88-96(63,64)65)22(15)84-92(51,52)53)81-21-19(70-5)28(87-95(60,61)62)36(83-24(21)31(39)40)78-14-11(8-73-90(45,46)47)75-32(41)25(17(14)68-3)85-93(54,55)56/h10-29,32-36,41H,7-9H2,1-6H3,(H,37,38)(H,39,40)(H,42,43,44)(H,45,46,47)(H,48,49,50)(H,51,52,53)(H,54,55,56)(H,57,58,59)(H,60,61,62)(H,63,64,65)/t10-,11-,12-,13-,14-,15-,16-,17+,18+,19+,20+,21+,22+,23+,24-,25-,26-,27-,28-,29-,32+,33-,34-,35-,36-/m1/s1. The van der Waals surface area contributed by atoms with Gasteiger partial charge in [-0.15, -0.1) is 0 Å². The fourth-order valence-corrected chi connectivity index (χ4v) is 13.4. The zero-order valence-corrected chi connectivity index (χ0v) is 55.0. The van der Waals surface area contributed by atoms with Gasteiger partial charge in [-0.1, -0.05) is 0 Å². The number of rotatable bonds is 35. The highest BCUT2D eigenvalue weighted by atomic mass is 32.3. The van der Waals surface area contributed by atoms with E-state index in [-0.39, 0.29) is 0 Å². The van der Waals surface area contributed by atoms with Crippen LogP contribution in [0.3, 0.4) is 0 Å². The summed E-state index contributed by atoms with van der Waals surface area (Å²) in [5.74, 6) is -4.61. The molecular formula is C36H60O52S8. The number of carbonyl (C=O) groups is 2. The van der Waals surface area contributed by atoms with Crippen molar-refractivity contribution >= 4 is 95.1 Å². The Morgan fingerprint density at radius 3 is 0.854 bits per heavy atom. The first kappa shape index (κ1) is 83.9. The van der Waals surface area contributed by atoms with Gasteiger partial charge < -0.3 is 86.4 Å². The van der Waals surface area contributed by atoms with Crippen molar-refractivity contribution in [2.24, 2.45) is 0 Å². The number of methoxy groups -OCH3 is 6. The molecule has 60 heteroatoms. The highest BCUT2D eigenvalue weighted by molar-refractivity contribution is 7.82. The maximum absolute atomic E-state index is 13.3. The van der Waals surface area contributed by atoms with E-state index < -0.39 is 268 Å². The third kappa shape index (κ3) is 23.9. The zero-order valence-electron chi connectivity index (χ0n) is 48.5. The van der Waals surface area contributed by atoms with Crippen LogP contribution in [0.2, 0.25) is 0 Å². The number of aliphatic hydroxyl groups excluding tert-OH is 1. The molecule has 0 unspecified atom stereocenters. The van der Waals surface area contributed by atoms with Crippen LogP contribution in [0.15, 0.2) is 0 Å². The van der Waals surface area contributed by atoms with Crippen molar-refractivity contribution < 1.29 is 233 Å². The second-order valence-electron chi connectivity index (χ2n) is 19.4. The molecule has 0 radical (unpaired) electrons. The summed E-state index contributed by atoms with van der Waals surface area (Å²) in [4.78, 5) is 26.5. The molecule has 0 saturated carbocycles. The van der Waals surface area contributed by atoms with Crippen LogP contribution in [0, 0.1) is 0 Å². The monoisotopic (exact) mass is 1580 g/mol. The second-order valence-corrected chi connectivity index (χ2v) is 27.9. The maximum Gasteiger partial charge on any atom is 0.397 e. The van der Waals surface area contributed by atoms with Crippen LogP contribution >= 0.6 is 0 Å². The van der Waals surface area contributed by atoms with E-state index in [4.69, 9.17) is 75.2 Å². The van der Waals surface area contributed by atoms with E-state index >= 15 is 0 Å². The third-order valence-electron chi connectivity index (χ3n) is 13.4. The Hall–Kier alpha value is -2.74. The number of aliphatic hydroxyl groups is 1. The van der Waals surface area contributed by atoms with Crippen molar-refractivity contribution in [3.8, 4) is 0 Å². The molecule has 0 amide bonds. The minimum atomic E-state index is -6.32. The molecule has 25 atom stereocenters. The largest absolute Gasteiger partial charge is 0.479 e. The van der Waals surface area contributed by atoms with Crippen molar-refractivity contribution in [2.45, 2.75) is 154 Å². The predicted octanol–water partition coefficient (Wildman–Crippen LogP) is -9.20. The summed E-state index contributed by atoms with van der Waals surface area (Å²) in [6, 6.07) is 0. The maximum atomic E-state index is 13.3. The minimum Gasteiger partial charge on any atom is -0.479 e. The van der Waals surface area contributed by atoms with Crippen molar-refractivity contribution in [2.75, 3.05) is 62.5 Å². The predicted molar refractivity (Wildman–Crippen MR) is 280 cm³/mol. The van der Waals surface area contributed by atoms with E-state index in [2.05, 4.69) is 29.3 Å². The molecule has 52 nitrogen and oxygen atoms in total. The molecule has 5 rings (SSSR count). The molecule has 0 aliphatic carbocycles. The van der Waals surface area contributed by atoms with Gasteiger partial charge in [-0.2, -0.15) is 67.3 Å². The first-order chi connectivity index (χ1) is 43.9. The van der Waals surface area contributed by atoms with Crippen molar-refractivity contribution in [3.63, 3.8) is 0 Å². The van der Waals surface area contributed by atoms with Gasteiger partial charge in [-0.05, 0) is 0 Å². The second kappa shape index (κ2) is 33.1. The summed E-state index contributed by atoms with van der Waals surface area (Å²) in [5, 5.41) is 32.0. The SMILES string of the molecule is CO[C@@H]1[C@@H](OC)[C@H](O[C@H]2[C@H](OS(=O)(=O)O)[C@@H](OS(=O)(=O)O)[C@@H](O[C@H]3[C@H](OC)[C@@H](OS(=O)(=O)O)[C@H](O[C@H]4[C@H](OC)[C@@H](OS(=O)(=O)O)[C@@H](O)O[C@@H]4COS(=O)(=O)O)O[C@H]3C(=O)O)O[C@@H]2COS(=O)(=O)O)O[C@H](C(=O)O)[C@H]1O[C@H]1O[C@H](COS(=O)(=O)O)[C@@H](OC)[C@@H](OC)[C@H]1OS(=O)(=O)O. The third-order valence-corrected chi connectivity index (χ3v) is 17.0. The Morgan fingerprint density at radius 1 is 0.292 bits per heavy atom. The van der Waals surface area contributed by atoms with E-state index in [1.807, 2.05) is 0 Å². The van der Waals surface area contributed by atoms with Crippen LogP contribution in [0.1, 0.15) is 0 Å². The van der Waals surface area contributed by atoms with Crippen LogP contribution in [0.5, 0.6) is 0 Å². The Morgan fingerprint density at radius 2 is 0.531 bits per heavy atom. The van der Waals surface area contributed by atoms with Crippen LogP contribution in [-0.2, 0) is 197 Å². The van der Waals surface area contributed by atoms with E-state index in [0.717, 1.165) is 28.4 Å². The molecule has 96 heavy (non-hydrogen) atoms. The smallest absolute Gasteiger partial charge is 0.397 e. The normalized spacial score (nSPS) is 37.3. The van der Waals surface area contributed by atoms with Gasteiger partial charge in [0.05, 0.1) is 19.8 Å². The number of carboxylic acid groups (broad SMARTS) is 2. The highest BCUT2D eigenvalue weighted by Crippen LogP contribution is 2.41. The first-order valence-corrected chi connectivity index (χ1v) is 36.1. The lowest BCUT2D eigenvalue weighted by molar-refractivity contribution is -0.386. The Kier molecular flexibility index (Phi) is 29.0. The average molecular weight is 1580 g/mol. The molecule has 11 N–H and O–H groups in total. The minimum absolute atomic E-state index is 0.508. The van der Waals surface area contributed by atoms with E-state index in [1.54, 1.807) is 0 Å². The van der Waals surface area contributed by atoms with Crippen molar-refractivity contribution in [3.05, 3.63) is 0 Å². The number of carboxylic acids is 2.